The number of nitriles is 1. The topological polar surface area (TPSA) is 35.8 Å². The van der Waals surface area contributed by atoms with Gasteiger partial charge in [0.2, 0.25) is 0 Å². The Hall–Kier alpha value is -1.69. The Kier molecular flexibility index (Phi) is 4.31. The number of benzene rings is 2. The molecule has 4 heteroatoms. The second-order valence-electron chi connectivity index (χ2n) is 4.26. The fraction of sp³-hybridized carbons (Fsp3) is 0.133. The van der Waals surface area contributed by atoms with Gasteiger partial charge >= 0.3 is 0 Å². The molecule has 1 N–H and O–H groups in total. The molecule has 0 amide bonds. The molecule has 0 spiro atoms. The third-order valence-electron chi connectivity index (χ3n) is 2.79. The Morgan fingerprint density at radius 1 is 1.05 bits per heavy atom. The van der Waals surface area contributed by atoms with E-state index in [9.17, 15) is 0 Å². The molecule has 1 atom stereocenters. The molecule has 2 aromatic rings. The van der Waals surface area contributed by atoms with Gasteiger partial charge in [0.1, 0.15) is 0 Å². The van der Waals surface area contributed by atoms with Gasteiger partial charge in [0.05, 0.1) is 11.6 Å². The Morgan fingerprint density at radius 2 is 1.63 bits per heavy atom. The molecule has 19 heavy (non-hydrogen) atoms. The summed E-state index contributed by atoms with van der Waals surface area (Å²) in [7, 11) is 0. The summed E-state index contributed by atoms with van der Waals surface area (Å²) in [6.07, 6.45) is 0. The van der Waals surface area contributed by atoms with Crippen molar-refractivity contribution < 1.29 is 0 Å². The minimum Gasteiger partial charge on any atom is -0.378 e. The lowest BCUT2D eigenvalue weighted by Gasteiger charge is -2.16. The third-order valence-corrected chi connectivity index (χ3v) is 3.22. The van der Waals surface area contributed by atoms with Crippen LogP contribution >= 0.6 is 23.2 Å². The van der Waals surface area contributed by atoms with Crippen LogP contribution in [0.15, 0.2) is 42.5 Å². The van der Waals surface area contributed by atoms with Crippen LogP contribution in [0.25, 0.3) is 0 Å². The number of anilines is 1. The van der Waals surface area contributed by atoms with E-state index in [2.05, 4.69) is 11.4 Å². The van der Waals surface area contributed by atoms with Gasteiger partial charge in [-0.3, -0.25) is 0 Å². The van der Waals surface area contributed by atoms with E-state index in [0.29, 0.717) is 15.6 Å². The molecule has 0 aliphatic rings. The largest absolute Gasteiger partial charge is 0.378 e. The van der Waals surface area contributed by atoms with Gasteiger partial charge in [-0.15, -0.1) is 0 Å². The third kappa shape index (κ3) is 3.64. The average Bonchev–Trinajstić information content (AvgIpc) is 2.37. The predicted molar refractivity (Wildman–Crippen MR) is 79.7 cm³/mol. The lowest BCUT2D eigenvalue weighted by Crippen LogP contribution is -2.06. The standard InChI is InChI=1S/C15H12Cl2N2/c1-10(12-4-2-11(9-18)3-5-12)19-15-7-13(16)6-14(17)8-15/h2-8,10,19H,1H3. The Bertz CT molecular complexity index is 595. The first kappa shape index (κ1) is 13.7. The zero-order valence-corrected chi connectivity index (χ0v) is 11.8. The molecule has 0 aliphatic heterocycles. The van der Waals surface area contributed by atoms with E-state index in [4.69, 9.17) is 28.5 Å². The Morgan fingerprint density at radius 3 is 2.16 bits per heavy atom. The van der Waals surface area contributed by atoms with Crippen molar-refractivity contribution in [3.63, 3.8) is 0 Å². The monoisotopic (exact) mass is 290 g/mol. The highest BCUT2D eigenvalue weighted by molar-refractivity contribution is 6.35. The first-order chi connectivity index (χ1) is 9.08. The number of nitrogens with zero attached hydrogens (tertiary/aromatic N) is 1. The van der Waals surface area contributed by atoms with Crippen molar-refractivity contribution in [1.29, 1.82) is 5.26 Å². The van der Waals surface area contributed by atoms with Crippen LogP contribution in [0.3, 0.4) is 0 Å². The second kappa shape index (κ2) is 5.97. The first-order valence-corrected chi connectivity index (χ1v) is 6.57. The summed E-state index contributed by atoms with van der Waals surface area (Å²) in [5, 5.41) is 13.3. The highest BCUT2D eigenvalue weighted by Crippen LogP contribution is 2.26. The number of hydrogen-bond donors (Lipinski definition) is 1. The van der Waals surface area contributed by atoms with Crippen molar-refractivity contribution in [2.75, 3.05) is 5.32 Å². The highest BCUT2D eigenvalue weighted by Gasteiger charge is 2.06. The Labute approximate surface area is 122 Å². The van der Waals surface area contributed by atoms with E-state index in [0.717, 1.165) is 11.3 Å². The summed E-state index contributed by atoms with van der Waals surface area (Å²) in [4.78, 5) is 0. The van der Waals surface area contributed by atoms with Crippen LogP contribution in [0, 0.1) is 11.3 Å². The molecule has 0 bridgehead atoms. The van der Waals surface area contributed by atoms with Crippen molar-refractivity contribution in [3.05, 3.63) is 63.6 Å². The number of rotatable bonds is 3. The Balaban J connectivity index is 2.15. The van der Waals surface area contributed by atoms with E-state index in [1.54, 1.807) is 18.2 Å². The molecule has 0 heterocycles. The molecule has 0 aliphatic carbocycles. The summed E-state index contributed by atoms with van der Waals surface area (Å²) < 4.78 is 0. The summed E-state index contributed by atoms with van der Waals surface area (Å²) in [5.41, 5.74) is 2.62. The fourth-order valence-corrected chi connectivity index (χ4v) is 2.34. The van der Waals surface area contributed by atoms with Gasteiger partial charge in [-0.2, -0.15) is 5.26 Å². The molecule has 2 rings (SSSR count). The molecule has 0 saturated carbocycles. The van der Waals surface area contributed by atoms with Gasteiger partial charge in [0, 0.05) is 21.8 Å². The molecular weight excluding hydrogens is 279 g/mol. The number of nitrogens with one attached hydrogen (secondary N) is 1. The summed E-state index contributed by atoms with van der Waals surface area (Å²) >= 11 is 11.9. The van der Waals surface area contributed by atoms with Crippen LogP contribution < -0.4 is 5.32 Å². The van der Waals surface area contributed by atoms with Crippen molar-refractivity contribution in [2.24, 2.45) is 0 Å². The summed E-state index contributed by atoms with van der Waals surface area (Å²) in [6, 6.07) is 15.0. The van der Waals surface area contributed by atoms with Crippen molar-refractivity contribution in [3.8, 4) is 6.07 Å². The van der Waals surface area contributed by atoms with Crippen LogP contribution in [0.1, 0.15) is 24.1 Å². The van der Waals surface area contributed by atoms with Crippen molar-refractivity contribution in [2.45, 2.75) is 13.0 Å². The maximum atomic E-state index is 8.77. The molecule has 0 saturated heterocycles. The van der Waals surface area contributed by atoms with E-state index >= 15 is 0 Å². The van der Waals surface area contributed by atoms with E-state index in [1.807, 2.05) is 31.2 Å². The minimum absolute atomic E-state index is 0.0993. The van der Waals surface area contributed by atoms with Crippen LogP contribution in [0.4, 0.5) is 5.69 Å². The fourth-order valence-electron chi connectivity index (χ4n) is 1.82. The van der Waals surface area contributed by atoms with Gasteiger partial charge in [0.25, 0.3) is 0 Å². The molecule has 2 nitrogen and oxygen atoms in total. The number of halogens is 2. The van der Waals surface area contributed by atoms with Crippen LogP contribution in [0.5, 0.6) is 0 Å². The average molecular weight is 291 g/mol. The minimum atomic E-state index is 0.0993. The molecule has 1 unspecified atom stereocenters. The van der Waals surface area contributed by atoms with Gasteiger partial charge in [-0.25, -0.2) is 0 Å². The molecule has 0 radical (unpaired) electrons. The van der Waals surface area contributed by atoms with Gasteiger partial charge in [-0.05, 0) is 42.8 Å². The summed E-state index contributed by atoms with van der Waals surface area (Å²) in [6.45, 7) is 2.04. The maximum absolute atomic E-state index is 8.77. The lowest BCUT2D eigenvalue weighted by atomic mass is 10.1. The zero-order chi connectivity index (χ0) is 13.8. The maximum Gasteiger partial charge on any atom is 0.0991 e. The van der Waals surface area contributed by atoms with E-state index in [-0.39, 0.29) is 6.04 Å². The molecule has 96 valence electrons. The van der Waals surface area contributed by atoms with E-state index in [1.165, 1.54) is 0 Å². The normalized spacial score (nSPS) is 11.7. The molecule has 0 fully saturated rings. The lowest BCUT2D eigenvalue weighted by molar-refractivity contribution is 0.884. The highest BCUT2D eigenvalue weighted by atomic mass is 35.5. The SMILES string of the molecule is CC(Nc1cc(Cl)cc(Cl)c1)c1ccc(C#N)cc1. The molecule has 0 aromatic heterocycles. The van der Waals surface area contributed by atoms with Crippen LogP contribution in [0.2, 0.25) is 10.0 Å². The van der Waals surface area contributed by atoms with Crippen molar-refractivity contribution in [1.82, 2.24) is 0 Å². The van der Waals surface area contributed by atoms with E-state index < -0.39 is 0 Å². The van der Waals surface area contributed by atoms with Crippen molar-refractivity contribution >= 4 is 28.9 Å². The zero-order valence-electron chi connectivity index (χ0n) is 10.3. The second-order valence-corrected chi connectivity index (χ2v) is 5.13. The quantitative estimate of drug-likeness (QED) is 0.860. The van der Waals surface area contributed by atoms with Gasteiger partial charge in [-0.1, -0.05) is 35.3 Å². The van der Waals surface area contributed by atoms with Crippen LogP contribution in [-0.4, -0.2) is 0 Å². The first-order valence-electron chi connectivity index (χ1n) is 5.81. The number of hydrogen-bond acceptors (Lipinski definition) is 2. The predicted octanol–water partition coefficient (Wildman–Crippen LogP) is 5.04. The molecular formula is C15H12Cl2N2. The smallest absolute Gasteiger partial charge is 0.0991 e. The van der Waals surface area contributed by atoms with Gasteiger partial charge in [0.15, 0.2) is 0 Å². The van der Waals surface area contributed by atoms with Gasteiger partial charge < -0.3 is 5.32 Å². The summed E-state index contributed by atoms with van der Waals surface area (Å²) in [5.74, 6) is 0. The van der Waals surface area contributed by atoms with Crippen LogP contribution in [-0.2, 0) is 0 Å². The molecule has 2 aromatic carbocycles.